The fraction of sp³-hybridized carbons (Fsp3) is 0.333. The number of rotatable bonds is 2. The van der Waals surface area contributed by atoms with Crippen LogP contribution in [0.25, 0.3) is 0 Å². The molecular formula is C18H20N4O2. The molecule has 0 fully saturated rings. The standard InChI is InChI=1S/C18H20N4O2/c1-18(2,3)15-14-13(10-7-5-6-8-12(10)23-4)11(9-19)16(20)24-17(14)22-21-15/h5-8,13H,20H2,1-4H3,(H,21,22)/t13-/m1/s1. The smallest absolute Gasteiger partial charge is 0.244 e. The third-order valence-electron chi connectivity index (χ3n) is 4.14. The number of benzene rings is 1. The molecule has 24 heavy (non-hydrogen) atoms. The lowest BCUT2D eigenvalue weighted by molar-refractivity contribution is 0.374. The summed E-state index contributed by atoms with van der Waals surface area (Å²) in [6.45, 7) is 6.23. The zero-order chi connectivity index (χ0) is 17.5. The fourth-order valence-electron chi connectivity index (χ4n) is 3.03. The summed E-state index contributed by atoms with van der Waals surface area (Å²) in [6.07, 6.45) is 0. The van der Waals surface area contributed by atoms with Gasteiger partial charge in [0.25, 0.3) is 0 Å². The van der Waals surface area contributed by atoms with Gasteiger partial charge >= 0.3 is 0 Å². The predicted molar refractivity (Wildman–Crippen MR) is 89.6 cm³/mol. The Labute approximate surface area is 140 Å². The van der Waals surface area contributed by atoms with Gasteiger partial charge in [-0.25, -0.2) is 0 Å². The maximum absolute atomic E-state index is 9.67. The van der Waals surface area contributed by atoms with Crippen molar-refractivity contribution in [1.29, 1.82) is 5.26 Å². The molecule has 1 aromatic carbocycles. The second-order valence-electron chi connectivity index (χ2n) is 6.73. The lowest BCUT2D eigenvalue weighted by atomic mass is 9.78. The van der Waals surface area contributed by atoms with Crippen LogP contribution in [0.2, 0.25) is 0 Å². The van der Waals surface area contributed by atoms with E-state index in [9.17, 15) is 5.26 Å². The van der Waals surface area contributed by atoms with Crippen molar-refractivity contribution >= 4 is 0 Å². The van der Waals surface area contributed by atoms with Crippen molar-refractivity contribution in [2.45, 2.75) is 32.1 Å². The number of aromatic amines is 1. The number of methoxy groups -OCH3 is 1. The van der Waals surface area contributed by atoms with Gasteiger partial charge in [-0.15, -0.1) is 5.10 Å². The van der Waals surface area contributed by atoms with E-state index in [1.807, 2.05) is 24.3 Å². The highest BCUT2D eigenvalue weighted by molar-refractivity contribution is 5.58. The summed E-state index contributed by atoms with van der Waals surface area (Å²) < 4.78 is 11.1. The number of hydrogen-bond donors (Lipinski definition) is 2. The van der Waals surface area contributed by atoms with Crippen LogP contribution in [0.15, 0.2) is 35.7 Å². The van der Waals surface area contributed by atoms with Gasteiger partial charge in [-0.1, -0.05) is 39.0 Å². The topological polar surface area (TPSA) is 96.9 Å². The number of ether oxygens (including phenoxy) is 2. The Bertz CT molecular complexity index is 853. The van der Waals surface area contributed by atoms with E-state index in [-0.39, 0.29) is 17.2 Å². The molecule has 6 nitrogen and oxygen atoms in total. The van der Waals surface area contributed by atoms with Gasteiger partial charge in [0.2, 0.25) is 11.8 Å². The van der Waals surface area contributed by atoms with Gasteiger partial charge in [0, 0.05) is 16.7 Å². The lowest BCUT2D eigenvalue weighted by Crippen LogP contribution is -2.24. The summed E-state index contributed by atoms with van der Waals surface area (Å²) in [7, 11) is 1.61. The number of hydrogen-bond acceptors (Lipinski definition) is 5. The molecule has 2 aromatic rings. The second-order valence-corrected chi connectivity index (χ2v) is 6.73. The summed E-state index contributed by atoms with van der Waals surface area (Å²) in [6, 6.07) is 9.80. The molecule has 0 unspecified atom stereocenters. The number of allylic oxidation sites excluding steroid dienone is 1. The van der Waals surface area contributed by atoms with Crippen LogP contribution in [0.3, 0.4) is 0 Å². The Balaban J connectivity index is 2.31. The average molecular weight is 324 g/mol. The van der Waals surface area contributed by atoms with Crippen LogP contribution in [0.4, 0.5) is 0 Å². The summed E-state index contributed by atoms with van der Waals surface area (Å²) in [5.41, 5.74) is 8.74. The maximum atomic E-state index is 9.67. The van der Waals surface area contributed by atoms with Gasteiger partial charge in [0.15, 0.2) is 0 Å². The third kappa shape index (κ3) is 2.38. The van der Waals surface area contributed by atoms with Crippen molar-refractivity contribution in [2.24, 2.45) is 5.73 Å². The predicted octanol–water partition coefficient (Wildman–Crippen LogP) is 2.93. The van der Waals surface area contributed by atoms with Crippen molar-refractivity contribution in [1.82, 2.24) is 10.2 Å². The number of nitrogens with two attached hydrogens (primary N) is 1. The Morgan fingerprint density at radius 2 is 2.04 bits per heavy atom. The van der Waals surface area contributed by atoms with Crippen LogP contribution >= 0.6 is 0 Å². The Morgan fingerprint density at radius 1 is 1.33 bits per heavy atom. The monoisotopic (exact) mass is 324 g/mol. The normalized spacial score (nSPS) is 17.0. The van der Waals surface area contributed by atoms with E-state index >= 15 is 0 Å². The summed E-state index contributed by atoms with van der Waals surface area (Å²) in [5, 5.41) is 17.0. The Morgan fingerprint density at radius 3 is 2.67 bits per heavy atom. The van der Waals surface area contributed by atoms with E-state index in [1.165, 1.54) is 0 Å². The summed E-state index contributed by atoms with van der Waals surface area (Å²) in [4.78, 5) is 0. The molecule has 0 spiro atoms. The highest BCUT2D eigenvalue weighted by Gasteiger charge is 2.39. The van der Waals surface area contributed by atoms with Crippen molar-refractivity contribution in [2.75, 3.05) is 7.11 Å². The number of nitrogens with zero attached hydrogens (tertiary/aromatic N) is 2. The van der Waals surface area contributed by atoms with Crippen molar-refractivity contribution in [3.05, 3.63) is 52.5 Å². The molecule has 124 valence electrons. The molecule has 1 aromatic heterocycles. The molecule has 1 aliphatic rings. The number of H-pyrrole nitrogens is 1. The molecule has 3 rings (SSSR count). The summed E-state index contributed by atoms with van der Waals surface area (Å²) >= 11 is 0. The Kier molecular flexibility index (Phi) is 3.72. The number of fused-ring (bicyclic) bond motifs is 1. The molecule has 0 saturated carbocycles. The average Bonchev–Trinajstić information content (AvgIpc) is 2.97. The minimum Gasteiger partial charge on any atom is -0.496 e. The largest absolute Gasteiger partial charge is 0.496 e. The quantitative estimate of drug-likeness (QED) is 0.885. The molecule has 1 atom stereocenters. The van der Waals surface area contributed by atoms with E-state index < -0.39 is 0 Å². The van der Waals surface area contributed by atoms with Crippen molar-refractivity contribution in [3.8, 4) is 17.7 Å². The second kappa shape index (κ2) is 5.60. The first-order valence-electron chi connectivity index (χ1n) is 7.67. The first-order chi connectivity index (χ1) is 11.4. The maximum Gasteiger partial charge on any atom is 0.244 e. The van der Waals surface area contributed by atoms with E-state index in [4.69, 9.17) is 15.2 Å². The van der Waals surface area contributed by atoms with Crippen LogP contribution in [0.1, 0.15) is 43.5 Å². The molecular weight excluding hydrogens is 304 g/mol. The highest BCUT2D eigenvalue weighted by Crippen LogP contribution is 2.47. The van der Waals surface area contributed by atoms with Gasteiger partial charge in [-0.05, 0) is 6.07 Å². The van der Waals surface area contributed by atoms with Gasteiger partial charge in [0.1, 0.15) is 17.4 Å². The minimum absolute atomic E-state index is 0.0767. The molecule has 0 amide bonds. The Hall–Kier alpha value is -2.94. The molecule has 0 radical (unpaired) electrons. The van der Waals surface area contributed by atoms with E-state index in [0.717, 1.165) is 16.8 Å². The number of nitrogens with one attached hydrogen (secondary N) is 1. The lowest BCUT2D eigenvalue weighted by Gasteiger charge is -2.28. The number of aromatic nitrogens is 2. The third-order valence-corrected chi connectivity index (χ3v) is 4.14. The van der Waals surface area contributed by atoms with Crippen LogP contribution in [-0.4, -0.2) is 17.3 Å². The van der Waals surface area contributed by atoms with Crippen LogP contribution < -0.4 is 15.2 Å². The molecule has 1 aliphatic heterocycles. The first kappa shape index (κ1) is 15.9. The summed E-state index contributed by atoms with van der Waals surface area (Å²) in [5.74, 6) is 0.792. The first-order valence-corrected chi connectivity index (χ1v) is 7.67. The minimum atomic E-state index is -0.386. The van der Waals surface area contributed by atoms with Gasteiger partial charge in [-0.2, -0.15) is 5.26 Å². The van der Waals surface area contributed by atoms with E-state index in [2.05, 4.69) is 37.0 Å². The molecule has 2 heterocycles. The van der Waals surface area contributed by atoms with Gasteiger partial charge < -0.3 is 15.2 Å². The van der Waals surface area contributed by atoms with Crippen LogP contribution in [-0.2, 0) is 5.41 Å². The highest BCUT2D eigenvalue weighted by atomic mass is 16.5. The van der Waals surface area contributed by atoms with Gasteiger partial charge in [0.05, 0.1) is 18.6 Å². The molecule has 0 bridgehead atoms. The van der Waals surface area contributed by atoms with Gasteiger partial charge in [-0.3, -0.25) is 5.10 Å². The van der Waals surface area contributed by atoms with E-state index in [1.54, 1.807) is 7.11 Å². The van der Waals surface area contributed by atoms with E-state index in [0.29, 0.717) is 17.2 Å². The van der Waals surface area contributed by atoms with Crippen LogP contribution in [0, 0.1) is 11.3 Å². The SMILES string of the molecule is COc1ccccc1[C@@H]1C(C#N)=C(N)Oc2n[nH]c(C(C)(C)C)c21. The zero-order valence-electron chi connectivity index (χ0n) is 14.2. The van der Waals surface area contributed by atoms with Crippen molar-refractivity contribution in [3.63, 3.8) is 0 Å². The number of para-hydroxylation sites is 1. The molecule has 3 N–H and O–H groups in total. The zero-order valence-corrected chi connectivity index (χ0v) is 14.2. The molecule has 6 heteroatoms. The van der Waals surface area contributed by atoms with Crippen molar-refractivity contribution < 1.29 is 9.47 Å². The molecule has 0 saturated heterocycles. The van der Waals surface area contributed by atoms with Crippen LogP contribution in [0.5, 0.6) is 11.6 Å². The number of nitriles is 1. The molecule has 0 aliphatic carbocycles. The fourth-order valence-corrected chi connectivity index (χ4v) is 3.03.